The monoisotopic (exact) mass is 182 g/mol. The van der Waals surface area contributed by atoms with Gasteiger partial charge in [0.25, 0.3) is 0 Å². The summed E-state index contributed by atoms with van der Waals surface area (Å²) in [5, 5.41) is 0. The van der Waals surface area contributed by atoms with E-state index >= 15 is 0 Å². The summed E-state index contributed by atoms with van der Waals surface area (Å²) in [7, 11) is 1.59. The molecule has 0 aliphatic rings. The Bertz CT molecular complexity index is 208. The third-order valence-electron chi connectivity index (χ3n) is 2.47. The van der Waals surface area contributed by atoms with Crippen LogP contribution in [0.25, 0.3) is 0 Å². The van der Waals surface area contributed by atoms with Crippen molar-refractivity contribution in [2.75, 3.05) is 7.11 Å². The maximum absolute atomic E-state index is 11.7. The molecule has 0 amide bonds. The smallest absolute Gasteiger partial charge is 0.176 e. The molecular weight excluding hydrogens is 164 g/mol. The summed E-state index contributed by atoms with van der Waals surface area (Å²) in [6.07, 6.45) is 1.72. The molecule has 0 aliphatic heterocycles. The fraction of sp³-hybridized carbons (Fsp3) is 0.727. The number of ketones is 1. The number of hydrogen-bond acceptors (Lipinski definition) is 2. The average Bonchev–Trinajstić information content (AvgIpc) is 2.18. The van der Waals surface area contributed by atoms with Crippen LogP contribution < -0.4 is 0 Å². The highest BCUT2D eigenvalue weighted by Gasteiger charge is 2.33. The van der Waals surface area contributed by atoms with Gasteiger partial charge in [-0.2, -0.15) is 0 Å². The van der Waals surface area contributed by atoms with E-state index in [1.807, 2.05) is 13.8 Å². The molecule has 0 rings (SSSR count). The van der Waals surface area contributed by atoms with E-state index in [1.54, 1.807) is 14.0 Å². The van der Waals surface area contributed by atoms with Crippen LogP contribution in [0.4, 0.5) is 0 Å². The molecule has 2 heteroatoms. The lowest BCUT2D eigenvalue weighted by atomic mass is 9.90. The first-order valence-corrected chi connectivity index (χ1v) is 4.64. The van der Waals surface area contributed by atoms with Gasteiger partial charge in [-0.25, -0.2) is 0 Å². The van der Waals surface area contributed by atoms with Crippen molar-refractivity contribution < 1.29 is 9.53 Å². The molecule has 0 heterocycles. The van der Waals surface area contributed by atoms with E-state index in [-0.39, 0.29) is 5.78 Å². The van der Waals surface area contributed by atoms with Crippen LogP contribution in [-0.4, -0.2) is 18.5 Å². The molecular formula is C11H18O2. The van der Waals surface area contributed by atoms with E-state index in [0.29, 0.717) is 19.3 Å². The topological polar surface area (TPSA) is 26.3 Å². The molecule has 0 aliphatic carbocycles. The van der Waals surface area contributed by atoms with Crippen LogP contribution in [0.1, 0.15) is 40.0 Å². The van der Waals surface area contributed by atoms with Crippen LogP contribution in [0.2, 0.25) is 0 Å². The molecule has 0 N–H and O–H groups in total. The number of methoxy groups -OCH3 is 1. The van der Waals surface area contributed by atoms with Crippen molar-refractivity contribution in [3.63, 3.8) is 0 Å². The Hall–Kier alpha value is -0.810. The first-order valence-electron chi connectivity index (χ1n) is 4.64. The molecule has 74 valence electrons. The third-order valence-corrected chi connectivity index (χ3v) is 2.47. The highest BCUT2D eigenvalue weighted by molar-refractivity contribution is 5.89. The van der Waals surface area contributed by atoms with Crippen molar-refractivity contribution in [3.05, 3.63) is 0 Å². The van der Waals surface area contributed by atoms with Crippen LogP contribution in [-0.2, 0) is 9.53 Å². The van der Waals surface area contributed by atoms with Gasteiger partial charge in [-0.15, -0.1) is 5.92 Å². The van der Waals surface area contributed by atoms with Crippen molar-refractivity contribution in [1.29, 1.82) is 0 Å². The summed E-state index contributed by atoms with van der Waals surface area (Å²) in [4.78, 5) is 11.7. The lowest BCUT2D eigenvalue weighted by Gasteiger charge is -2.27. The number of rotatable bonds is 5. The maximum Gasteiger partial charge on any atom is 0.176 e. The van der Waals surface area contributed by atoms with Crippen LogP contribution >= 0.6 is 0 Å². The normalized spacial score (nSPS) is 10.5. The Kier molecular flexibility index (Phi) is 5.41. The summed E-state index contributed by atoms with van der Waals surface area (Å²) in [6, 6.07) is 0. The maximum atomic E-state index is 11.7. The standard InChI is InChI=1S/C11H18O2/c1-5-8-9-10(12)11(6-2,7-3)13-4/h6-7,9H2,1-4H3. The van der Waals surface area contributed by atoms with E-state index in [0.717, 1.165) is 0 Å². The van der Waals surface area contributed by atoms with E-state index < -0.39 is 5.60 Å². The fourth-order valence-electron chi connectivity index (χ4n) is 1.38. The summed E-state index contributed by atoms with van der Waals surface area (Å²) in [5.41, 5.74) is -0.607. The molecule has 0 radical (unpaired) electrons. The van der Waals surface area contributed by atoms with Gasteiger partial charge in [0.1, 0.15) is 5.60 Å². The van der Waals surface area contributed by atoms with Crippen LogP contribution in [0.15, 0.2) is 0 Å². The summed E-state index contributed by atoms with van der Waals surface area (Å²) in [6.45, 7) is 5.66. The van der Waals surface area contributed by atoms with Gasteiger partial charge >= 0.3 is 0 Å². The predicted molar refractivity (Wildman–Crippen MR) is 53.4 cm³/mol. The minimum absolute atomic E-state index is 0.0920. The second-order valence-electron chi connectivity index (χ2n) is 2.93. The summed E-state index contributed by atoms with van der Waals surface area (Å²) < 4.78 is 5.28. The molecule has 0 fully saturated rings. The molecule has 2 nitrogen and oxygen atoms in total. The minimum atomic E-state index is -0.607. The zero-order valence-corrected chi connectivity index (χ0v) is 8.94. The summed E-state index contributed by atoms with van der Waals surface area (Å²) >= 11 is 0. The third kappa shape index (κ3) is 2.86. The van der Waals surface area contributed by atoms with E-state index in [1.165, 1.54) is 0 Å². The number of hydrogen-bond donors (Lipinski definition) is 0. The molecule has 0 aromatic heterocycles. The van der Waals surface area contributed by atoms with Gasteiger partial charge in [0.2, 0.25) is 0 Å². The Morgan fingerprint density at radius 2 is 1.92 bits per heavy atom. The second kappa shape index (κ2) is 5.77. The van der Waals surface area contributed by atoms with Gasteiger partial charge in [-0.1, -0.05) is 19.8 Å². The Balaban J connectivity index is 4.50. The molecule has 0 unspecified atom stereocenters. The number of ether oxygens (including phenoxy) is 1. The first-order chi connectivity index (χ1) is 6.16. The summed E-state index contributed by atoms with van der Waals surface area (Å²) in [5.74, 6) is 5.59. The van der Waals surface area contributed by atoms with Crippen LogP contribution in [0.5, 0.6) is 0 Å². The van der Waals surface area contributed by atoms with Crippen molar-refractivity contribution in [2.45, 2.75) is 45.6 Å². The quantitative estimate of drug-likeness (QED) is 0.609. The zero-order chi connectivity index (χ0) is 10.3. The fourth-order valence-corrected chi connectivity index (χ4v) is 1.38. The SMILES string of the molecule is CC#CCC(=O)C(CC)(CC)OC. The van der Waals surface area contributed by atoms with Gasteiger partial charge in [-0.3, -0.25) is 4.79 Å². The molecule has 0 aromatic rings. The van der Waals surface area contributed by atoms with E-state index in [9.17, 15) is 4.79 Å². The average molecular weight is 182 g/mol. The molecule has 0 aromatic carbocycles. The molecule has 0 spiro atoms. The molecule has 0 saturated carbocycles. The lowest BCUT2D eigenvalue weighted by Crippen LogP contribution is -2.39. The Morgan fingerprint density at radius 1 is 1.38 bits per heavy atom. The predicted octanol–water partition coefficient (Wildman–Crippen LogP) is 2.17. The minimum Gasteiger partial charge on any atom is -0.370 e. The first kappa shape index (κ1) is 12.2. The van der Waals surface area contributed by atoms with Crippen molar-refractivity contribution >= 4 is 5.78 Å². The van der Waals surface area contributed by atoms with Crippen LogP contribution in [0.3, 0.4) is 0 Å². The molecule has 0 saturated heterocycles. The lowest BCUT2D eigenvalue weighted by molar-refractivity contribution is -0.140. The molecule has 0 atom stereocenters. The van der Waals surface area contributed by atoms with Crippen LogP contribution in [0, 0.1) is 11.8 Å². The van der Waals surface area contributed by atoms with Gasteiger partial charge in [0.15, 0.2) is 5.78 Å². The van der Waals surface area contributed by atoms with Gasteiger partial charge in [-0.05, 0) is 19.8 Å². The second-order valence-corrected chi connectivity index (χ2v) is 2.93. The molecule has 13 heavy (non-hydrogen) atoms. The van der Waals surface area contributed by atoms with Gasteiger partial charge < -0.3 is 4.74 Å². The number of carbonyl (C=O) groups is 1. The Labute approximate surface area is 80.7 Å². The largest absolute Gasteiger partial charge is 0.370 e. The van der Waals surface area contributed by atoms with Crippen molar-refractivity contribution in [3.8, 4) is 11.8 Å². The Morgan fingerprint density at radius 3 is 2.23 bits per heavy atom. The number of Topliss-reactive ketones (excluding diaryl/α,β-unsaturated/α-hetero) is 1. The highest BCUT2D eigenvalue weighted by atomic mass is 16.5. The van der Waals surface area contributed by atoms with E-state index in [4.69, 9.17) is 4.74 Å². The highest BCUT2D eigenvalue weighted by Crippen LogP contribution is 2.21. The van der Waals surface area contributed by atoms with Gasteiger partial charge in [0.05, 0.1) is 6.42 Å². The van der Waals surface area contributed by atoms with Crippen molar-refractivity contribution in [1.82, 2.24) is 0 Å². The zero-order valence-electron chi connectivity index (χ0n) is 8.94. The van der Waals surface area contributed by atoms with Crippen molar-refractivity contribution in [2.24, 2.45) is 0 Å². The van der Waals surface area contributed by atoms with E-state index in [2.05, 4.69) is 11.8 Å². The molecule has 0 bridgehead atoms. The van der Waals surface area contributed by atoms with Gasteiger partial charge in [0, 0.05) is 7.11 Å². The number of carbonyl (C=O) groups excluding carboxylic acids is 1.